The van der Waals surface area contributed by atoms with E-state index in [9.17, 15) is 0 Å². The minimum Gasteiger partial charge on any atom is -0.338 e. The summed E-state index contributed by atoms with van der Waals surface area (Å²) in [5, 5.41) is 1.32. The van der Waals surface area contributed by atoms with E-state index in [1.54, 1.807) is 5.57 Å². The Balaban J connectivity index is 2.08. The number of aromatic nitrogens is 1. The van der Waals surface area contributed by atoms with Gasteiger partial charge in [0.2, 0.25) is 0 Å². The fraction of sp³-hybridized carbons (Fsp3) is 0.400. The van der Waals surface area contributed by atoms with E-state index in [1.807, 2.05) is 0 Å². The van der Waals surface area contributed by atoms with Crippen LogP contribution in [-0.4, -0.2) is 30.1 Å². The minimum absolute atomic E-state index is 0.0398. The summed E-state index contributed by atoms with van der Waals surface area (Å²) in [6, 6.07) is 10.9. The molecule has 1 aromatic heterocycles. The zero-order chi connectivity index (χ0) is 15.6. The molecule has 0 amide bonds. The molecule has 3 rings (SSSR count). The number of para-hydroxylation sites is 1. The monoisotopic (exact) mass is 294 g/mol. The Morgan fingerprint density at radius 2 is 2.00 bits per heavy atom. The van der Waals surface area contributed by atoms with Gasteiger partial charge in [-0.3, -0.25) is 0 Å². The molecule has 2 nitrogen and oxygen atoms in total. The van der Waals surface area contributed by atoms with Crippen molar-refractivity contribution in [1.82, 2.24) is 9.47 Å². The highest BCUT2D eigenvalue weighted by Gasteiger charge is 2.31. The molecule has 1 heterocycles. The topological polar surface area (TPSA) is 8.17 Å². The van der Waals surface area contributed by atoms with Gasteiger partial charge in [0.15, 0.2) is 0 Å². The van der Waals surface area contributed by atoms with Crippen molar-refractivity contribution in [3.8, 4) is 0 Å². The predicted octanol–water partition coefficient (Wildman–Crippen LogP) is 4.58. The molecule has 116 valence electrons. The maximum atomic E-state index is 2.48. The van der Waals surface area contributed by atoms with Gasteiger partial charge in [0.25, 0.3) is 0 Å². The number of nitrogens with zero attached hydrogens (tertiary/aromatic N) is 2. The van der Waals surface area contributed by atoms with Crippen LogP contribution in [0.3, 0.4) is 0 Å². The Hall–Kier alpha value is -1.80. The molecule has 1 atom stereocenters. The molecule has 0 aliphatic heterocycles. The molecule has 0 N–H and O–H groups in total. The second-order valence-electron chi connectivity index (χ2n) is 6.73. The van der Waals surface area contributed by atoms with Crippen LogP contribution in [0.25, 0.3) is 10.9 Å². The lowest BCUT2D eigenvalue weighted by Gasteiger charge is -2.37. The lowest BCUT2D eigenvalue weighted by Crippen LogP contribution is -2.35. The molecule has 22 heavy (non-hydrogen) atoms. The van der Waals surface area contributed by atoms with Crippen LogP contribution in [0.15, 0.2) is 60.3 Å². The van der Waals surface area contributed by atoms with Gasteiger partial charge in [-0.05, 0) is 63.4 Å². The van der Waals surface area contributed by atoms with Crippen LogP contribution in [0.5, 0.6) is 0 Å². The zero-order valence-electron chi connectivity index (χ0n) is 13.9. The molecular weight excluding hydrogens is 268 g/mol. The summed E-state index contributed by atoms with van der Waals surface area (Å²) in [5.74, 6) is 0. The standard InChI is InChI=1S/C20H26N2/c1-20(14-16-21(2)3,18-10-5-4-6-11-18)22-15-13-17-9-7-8-12-19(17)22/h4-5,7-10,12-13,15H,6,11,14,16H2,1-3H3. The average molecular weight is 294 g/mol. The fourth-order valence-corrected chi connectivity index (χ4v) is 3.44. The Morgan fingerprint density at radius 1 is 1.18 bits per heavy atom. The Morgan fingerprint density at radius 3 is 2.73 bits per heavy atom. The first-order valence-electron chi connectivity index (χ1n) is 8.19. The highest BCUT2D eigenvalue weighted by atomic mass is 15.1. The van der Waals surface area contributed by atoms with E-state index in [-0.39, 0.29) is 5.54 Å². The zero-order valence-corrected chi connectivity index (χ0v) is 13.9. The maximum Gasteiger partial charge on any atom is 0.0644 e. The highest BCUT2D eigenvalue weighted by Crippen LogP contribution is 2.37. The third kappa shape index (κ3) is 2.76. The van der Waals surface area contributed by atoms with E-state index in [0.29, 0.717) is 0 Å². The van der Waals surface area contributed by atoms with Gasteiger partial charge in [-0.1, -0.05) is 36.4 Å². The molecule has 0 spiro atoms. The predicted molar refractivity (Wildman–Crippen MR) is 95.2 cm³/mol. The smallest absolute Gasteiger partial charge is 0.0644 e. The van der Waals surface area contributed by atoms with Gasteiger partial charge >= 0.3 is 0 Å². The second-order valence-corrected chi connectivity index (χ2v) is 6.73. The average Bonchev–Trinajstić information content (AvgIpc) is 2.98. The SMILES string of the molecule is CN(C)CCC(C)(C1=CC=CCC1)n1ccc2ccccc21. The fourth-order valence-electron chi connectivity index (χ4n) is 3.44. The van der Waals surface area contributed by atoms with Gasteiger partial charge in [0.05, 0.1) is 5.54 Å². The van der Waals surface area contributed by atoms with Gasteiger partial charge in [0.1, 0.15) is 0 Å². The first kappa shape index (κ1) is 15.1. The van der Waals surface area contributed by atoms with E-state index in [2.05, 4.69) is 85.2 Å². The van der Waals surface area contributed by atoms with Crippen LogP contribution in [0.1, 0.15) is 26.2 Å². The van der Waals surface area contributed by atoms with Gasteiger partial charge in [-0.15, -0.1) is 0 Å². The lowest BCUT2D eigenvalue weighted by molar-refractivity contribution is 0.290. The molecule has 2 aromatic rings. The van der Waals surface area contributed by atoms with E-state index in [1.165, 1.54) is 10.9 Å². The molecule has 0 fully saturated rings. The molecule has 0 radical (unpaired) electrons. The normalized spacial score (nSPS) is 17.7. The molecule has 1 aliphatic carbocycles. The van der Waals surface area contributed by atoms with Crippen LogP contribution in [-0.2, 0) is 5.54 Å². The van der Waals surface area contributed by atoms with Crippen molar-refractivity contribution in [2.24, 2.45) is 0 Å². The van der Waals surface area contributed by atoms with Crippen molar-refractivity contribution >= 4 is 10.9 Å². The number of benzene rings is 1. The quantitative estimate of drug-likeness (QED) is 0.783. The first-order chi connectivity index (χ1) is 10.6. The number of hydrogen-bond donors (Lipinski definition) is 0. The van der Waals surface area contributed by atoms with Crippen molar-refractivity contribution in [3.05, 3.63) is 60.3 Å². The van der Waals surface area contributed by atoms with Crippen molar-refractivity contribution in [2.45, 2.75) is 31.7 Å². The number of allylic oxidation sites excluding steroid dienone is 4. The molecular formula is C20H26N2. The summed E-state index contributed by atoms with van der Waals surface area (Å²) in [5.41, 5.74) is 2.91. The van der Waals surface area contributed by atoms with Crippen LogP contribution in [0.2, 0.25) is 0 Å². The van der Waals surface area contributed by atoms with E-state index in [4.69, 9.17) is 0 Å². The van der Waals surface area contributed by atoms with E-state index in [0.717, 1.165) is 25.8 Å². The highest BCUT2D eigenvalue weighted by molar-refractivity contribution is 5.80. The Labute approximate surface area is 133 Å². The van der Waals surface area contributed by atoms with Gasteiger partial charge in [-0.2, -0.15) is 0 Å². The number of fused-ring (bicyclic) bond motifs is 1. The van der Waals surface area contributed by atoms with Crippen LogP contribution in [0, 0.1) is 0 Å². The minimum atomic E-state index is 0.0398. The second kappa shape index (κ2) is 6.13. The van der Waals surface area contributed by atoms with Crippen molar-refractivity contribution in [2.75, 3.05) is 20.6 Å². The maximum absolute atomic E-state index is 2.48. The van der Waals surface area contributed by atoms with Gasteiger partial charge < -0.3 is 9.47 Å². The van der Waals surface area contributed by atoms with E-state index < -0.39 is 0 Å². The summed E-state index contributed by atoms with van der Waals surface area (Å²) in [7, 11) is 4.31. The molecule has 1 aromatic carbocycles. The molecule has 1 unspecified atom stereocenters. The third-order valence-electron chi connectivity index (χ3n) is 4.88. The van der Waals surface area contributed by atoms with Gasteiger partial charge in [-0.25, -0.2) is 0 Å². The summed E-state index contributed by atoms with van der Waals surface area (Å²) < 4.78 is 2.48. The summed E-state index contributed by atoms with van der Waals surface area (Å²) in [4.78, 5) is 2.28. The Kier molecular flexibility index (Phi) is 4.21. The lowest BCUT2D eigenvalue weighted by atomic mass is 9.83. The van der Waals surface area contributed by atoms with E-state index >= 15 is 0 Å². The largest absolute Gasteiger partial charge is 0.338 e. The number of hydrogen-bond acceptors (Lipinski definition) is 1. The summed E-state index contributed by atoms with van der Waals surface area (Å²) in [6.07, 6.45) is 12.5. The van der Waals surface area contributed by atoms with Crippen molar-refractivity contribution in [3.63, 3.8) is 0 Å². The first-order valence-corrected chi connectivity index (χ1v) is 8.19. The molecule has 1 aliphatic rings. The van der Waals surface area contributed by atoms with Crippen LogP contribution < -0.4 is 0 Å². The van der Waals surface area contributed by atoms with Crippen LogP contribution >= 0.6 is 0 Å². The number of rotatable bonds is 5. The summed E-state index contributed by atoms with van der Waals surface area (Å²) >= 11 is 0. The molecule has 0 saturated heterocycles. The molecule has 2 heteroatoms. The van der Waals surface area contributed by atoms with Crippen molar-refractivity contribution < 1.29 is 0 Å². The Bertz CT molecular complexity index is 705. The summed E-state index contributed by atoms with van der Waals surface area (Å²) in [6.45, 7) is 3.48. The van der Waals surface area contributed by atoms with Crippen LogP contribution in [0.4, 0.5) is 0 Å². The van der Waals surface area contributed by atoms with Crippen molar-refractivity contribution in [1.29, 1.82) is 0 Å². The third-order valence-corrected chi connectivity index (χ3v) is 4.88. The van der Waals surface area contributed by atoms with Gasteiger partial charge in [0, 0.05) is 18.3 Å². The molecule has 0 saturated carbocycles. The molecule has 0 bridgehead atoms.